The Morgan fingerprint density at radius 3 is 2.48 bits per heavy atom. The average molecular weight is 357 g/mol. The van der Waals surface area contributed by atoms with Crippen molar-refractivity contribution in [2.24, 2.45) is 0 Å². The number of nitrogens with one attached hydrogen (secondary N) is 1. The van der Waals surface area contributed by atoms with Gasteiger partial charge in [0.1, 0.15) is 11.6 Å². The first-order valence-corrected chi connectivity index (χ1v) is 6.38. The summed E-state index contributed by atoms with van der Waals surface area (Å²) in [7, 11) is 0. The highest BCUT2D eigenvalue weighted by molar-refractivity contribution is 9.10. The molecule has 0 heterocycles. The van der Waals surface area contributed by atoms with Crippen molar-refractivity contribution in [3.63, 3.8) is 0 Å². The van der Waals surface area contributed by atoms with Gasteiger partial charge in [-0.2, -0.15) is 0 Å². The van der Waals surface area contributed by atoms with Crippen molar-refractivity contribution in [3.8, 4) is 0 Å². The highest BCUT2D eigenvalue weighted by Gasteiger charge is 2.15. The monoisotopic (exact) mass is 356 g/mol. The smallest absolute Gasteiger partial charge is 0.271 e. The van der Waals surface area contributed by atoms with Crippen LogP contribution in [-0.4, -0.2) is 10.8 Å². The van der Waals surface area contributed by atoms with Crippen LogP contribution in [0, 0.1) is 21.7 Å². The molecule has 0 saturated heterocycles. The lowest BCUT2D eigenvalue weighted by Gasteiger charge is -2.07. The molecular formula is C13H7BrF2N2O3. The second-order valence-corrected chi connectivity index (χ2v) is 4.86. The first-order chi connectivity index (χ1) is 9.88. The Kier molecular flexibility index (Phi) is 4.27. The Bertz CT molecular complexity index is 737. The molecule has 0 unspecified atom stereocenters. The van der Waals surface area contributed by atoms with E-state index in [-0.39, 0.29) is 21.4 Å². The number of carbonyl (C=O) groups excluding carboxylic acids is 1. The Morgan fingerprint density at radius 2 is 1.86 bits per heavy atom. The van der Waals surface area contributed by atoms with Crippen molar-refractivity contribution in [1.29, 1.82) is 0 Å². The van der Waals surface area contributed by atoms with Crippen LogP contribution in [0.25, 0.3) is 0 Å². The summed E-state index contributed by atoms with van der Waals surface area (Å²) in [5, 5.41) is 12.8. The van der Waals surface area contributed by atoms with Crippen LogP contribution < -0.4 is 5.32 Å². The highest BCUT2D eigenvalue weighted by atomic mass is 79.9. The van der Waals surface area contributed by atoms with E-state index in [0.717, 1.165) is 24.3 Å². The molecule has 0 fully saturated rings. The predicted molar refractivity (Wildman–Crippen MR) is 75.1 cm³/mol. The van der Waals surface area contributed by atoms with Crippen LogP contribution in [0.1, 0.15) is 10.4 Å². The zero-order valence-electron chi connectivity index (χ0n) is 10.3. The molecule has 0 saturated carbocycles. The summed E-state index contributed by atoms with van der Waals surface area (Å²) in [5.74, 6) is -2.26. The van der Waals surface area contributed by atoms with Gasteiger partial charge in [0, 0.05) is 17.7 Å². The van der Waals surface area contributed by atoms with Crippen LogP contribution in [-0.2, 0) is 0 Å². The number of nitro groups is 1. The van der Waals surface area contributed by atoms with Crippen molar-refractivity contribution >= 4 is 33.2 Å². The summed E-state index contributed by atoms with van der Waals surface area (Å²) in [6.07, 6.45) is 0. The topological polar surface area (TPSA) is 72.2 Å². The first kappa shape index (κ1) is 15.0. The largest absolute Gasteiger partial charge is 0.319 e. The fourth-order valence-electron chi connectivity index (χ4n) is 1.55. The van der Waals surface area contributed by atoms with Crippen molar-refractivity contribution in [2.75, 3.05) is 5.32 Å². The molecule has 8 heteroatoms. The zero-order chi connectivity index (χ0) is 15.6. The lowest BCUT2D eigenvalue weighted by Crippen LogP contribution is -2.13. The van der Waals surface area contributed by atoms with Crippen LogP contribution in [0.3, 0.4) is 0 Å². The molecule has 0 aliphatic heterocycles. The molecular weight excluding hydrogens is 350 g/mol. The molecule has 0 bridgehead atoms. The van der Waals surface area contributed by atoms with E-state index in [1.807, 2.05) is 0 Å². The number of amides is 1. The third kappa shape index (κ3) is 3.40. The van der Waals surface area contributed by atoms with Gasteiger partial charge in [-0.15, -0.1) is 0 Å². The van der Waals surface area contributed by atoms with E-state index in [0.29, 0.717) is 0 Å². The van der Waals surface area contributed by atoms with Crippen LogP contribution >= 0.6 is 15.9 Å². The third-order valence-electron chi connectivity index (χ3n) is 2.59. The van der Waals surface area contributed by atoms with Gasteiger partial charge in [-0.05, 0) is 40.2 Å². The average Bonchev–Trinajstić information content (AvgIpc) is 2.43. The van der Waals surface area contributed by atoms with Crippen molar-refractivity contribution in [3.05, 3.63) is 68.2 Å². The zero-order valence-corrected chi connectivity index (χ0v) is 11.9. The minimum Gasteiger partial charge on any atom is -0.319 e. The number of hydrogen-bond donors (Lipinski definition) is 1. The Morgan fingerprint density at radius 1 is 1.14 bits per heavy atom. The number of nitrogens with zero attached hydrogens (tertiary/aromatic N) is 1. The van der Waals surface area contributed by atoms with E-state index >= 15 is 0 Å². The standard InChI is InChI=1S/C13H7BrF2N2O3/c14-9-3-1-7(5-11(9)16)13(19)17-12-6-8(18(20)21)2-4-10(12)15/h1-6H,(H,17,19). The summed E-state index contributed by atoms with van der Waals surface area (Å²) in [4.78, 5) is 21.8. The van der Waals surface area contributed by atoms with E-state index in [4.69, 9.17) is 0 Å². The molecule has 1 N–H and O–H groups in total. The number of anilines is 1. The number of hydrogen-bond acceptors (Lipinski definition) is 3. The molecule has 0 aliphatic carbocycles. The summed E-state index contributed by atoms with van der Waals surface area (Å²) in [6.45, 7) is 0. The molecule has 2 rings (SSSR count). The van der Waals surface area contributed by atoms with Crippen molar-refractivity contribution in [1.82, 2.24) is 0 Å². The Hall–Kier alpha value is -2.35. The van der Waals surface area contributed by atoms with E-state index in [1.54, 1.807) is 0 Å². The van der Waals surface area contributed by atoms with E-state index in [1.165, 1.54) is 12.1 Å². The molecule has 5 nitrogen and oxygen atoms in total. The van der Waals surface area contributed by atoms with Gasteiger partial charge in [-0.3, -0.25) is 14.9 Å². The quantitative estimate of drug-likeness (QED) is 0.669. The normalized spacial score (nSPS) is 10.2. The number of benzene rings is 2. The highest BCUT2D eigenvalue weighted by Crippen LogP contribution is 2.22. The number of non-ortho nitro benzene ring substituents is 1. The van der Waals surface area contributed by atoms with Gasteiger partial charge in [0.05, 0.1) is 15.1 Å². The molecule has 0 aliphatic rings. The molecule has 21 heavy (non-hydrogen) atoms. The summed E-state index contributed by atoms with van der Waals surface area (Å²) >= 11 is 2.94. The van der Waals surface area contributed by atoms with E-state index in [9.17, 15) is 23.7 Å². The van der Waals surface area contributed by atoms with Gasteiger partial charge >= 0.3 is 0 Å². The predicted octanol–water partition coefficient (Wildman–Crippen LogP) is 3.89. The SMILES string of the molecule is O=C(Nc1cc([N+](=O)[O-])ccc1F)c1ccc(Br)c(F)c1. The molecule has 0 atom stereocenters. The van der Waals surface area contributed by atoms with E-state index < -0.39 is 22.5 Å². The van der Waals surface area contributed by atoms with Crippen LogP contribution in [0.4, 0.5) is 20.2 Å². The Balaban J connectivity index is 2.28. The third-order valence-corrected chi connectivity index (χ3v) is 3.23. The van der Waals surface area contributed by atoms with Crippen LogP contribution in [0.5, 0.6) is 0 Å². The van der Waals surface area contributed by atoms with Gasteiger partial charge in [-0.1, -0.05) is 0 Å². The van der Waals surface area contributed by atoms with Crippen LogP contribution in [0.2, 0.25) is 0 Å². The second kappa shape index (κ2) is 5.96. The minimum absolute atomic E-state index is 0.0402. The number of nitro benzene ring substituents is 1. The van der Waals surface area contributed by atoms with Gasteiger partial charge in [-0.25, -0.2) is 8.78 Å². The minimum atomic E-state index is -0.827. The molecule has 108 valence electrons. The Labute approximate surface area is 125 Å². The van der Waals surface area contributed by atoms with Crippen molar-refractivity contribution in [2.45, 2.75) is 0 Å². The van der Waals surface area contributed by atoms with Gasteiger partial charge in [0.2, 0.25) is 0 Å². The molecule has 0 spiro atoms. The summed E-state index contributed by atoms with van der Waals surface area (Å²) < 4.78 is 27.1. The van der Waals surface area contributed by atoms with Crippen LogP contribution in [0.15, 0.2) is 40.9 Å². The maximum absolute atomic E-state index is 13.5. The van der Waals surface area contributed by atoms with E-state index in [2.05, 4.69) is 21.2 Å². The second-order valence-electron chi connectivity index (χ2n) is 4.00. The molecule has 1 amide bonds. The first-order valence-electron chi connectivity index (χ1n) is 5.59. The fraction of sp³-hybridized carbons (Fsp3) is 0. The summed E-state index contributed by atoms with van der Waals surface area (Å²) in [6, 6.07) is 6.36. The lowest BCUT2D eigenvalue weighted by molar-refractivity contribution is -0.384. The lowest BCUT2D eigenvalue weighted by atomic mass is 10.2. The summed E-state index contributed by atoms with van der Waals surface area (Å²) in [5.41, 5.74) is -0.757. The van der Waals surface area contributed by atoms with Crippen molar-refractivity contribution < 1.29 is 18.5 Å². The number of rotatable bonds is 3. The van der Waals surface area contributed by atoms with Gasteiger partial charge in [0.15, 0.2) is 0 Å². The number of halogens is 3. The van der Waals surface area contributed by atoms with Gasteiger partial charge in [0.25, 0.3) is 11.6 Å². The molecule has 0 radical (unpaired) electrons. The molecule has 0 aromatic heterocycles. The fourth-order valence-corrected chi connectivity index (χ4v) is 1.80. The maximum atomic E-state index is 13.5. The number of carbonyl (C=O) groups is 1. The maximum Gasteiger partial charge on any atom is 0.271 e. The van der Waals surface area contributed by atoms with Gasteiger partial charge < -0.3 is 5.32 Å². The molecule has 2 aromatic carbocycles. The molecule has 2 aromatic rings.